The topological polar surface area (TPSA) is 133 Å². The first-order chi connectivity index (χ1) is 7.41. The Balaban J connectivity index is 0.00000256. The van der Waals surface area contributed by atoms with Crippen LogP contribution >= 0.6 is 24.0 Å². The minimum Gasteiger partial charge on any atom is -0.382 e. The molecule has 96 valence electrons. The van der Waals surface area contributed by atoms with E-state index in [-0.39, 0.29) is 40.9 Å². The summed E-state index contributed by atoms with van der Waals surface area (Å²) >= 11 is 5.63. The lowest BCUT2D eigenvalue weighted by molar-refractivity contribution is 0.0947. The summed E-state index contributed by atoms with van der Waals surface area (Å²) in [5.74, 6) is -0.559. The van der Waals surface area contributed by atoms with E-state index in [1.165, 1.54) is 0 Å². The van der Waals surface area contributed by atoms with Crippen molar-refractivity contribution in [3.05, 3.63) is 10.8 Å². The van der Waals surface area contributed by atoms with Crippen molar-refractivity contribution in [2.24, 2.45) is 5.73 Å². The van der Waals surface area contributed by atoms with Crippen molar-refractivity contribution in [2.75, 3.05) is 18.0 Å². The number of nitrogen functional groups attached to an aromatic ring is 2. The van der Waals surface area contributed by atoms with E-state index >= 15 is 0 Å². The van der Waals surface area contributed by atoms with Gasteiger partial charge in [-0.2, -0.15) is 0 Å². The van der Waals surface area contributed by atoms with Gasteiger partial charge in [-0.1, -0.05) is 11.6 Å². The number of carbonyl (C=O) groups is 1. The molecule has 0 aliphatic heterocycles. The maximum absolute atomic E-state index is 11.6. The summed E-state index contributed by atoms with van der Waals surface area (Å²) in [6, 6.07) is -0.164. The third kappa shape index (κ3) is 4.22. The fourth-order valence-corrected chi connectivity index (χ4v) is 1.07. The second-order valence-electron chi connectivity index (χ2n) is 3.32. The number of hydrogen-bond acceptors (Lipinski definition) is 6. The number of halogens is 2. The summed E-state index contributed by atoms with van der Waals surface area (Å²) in [4.78, 5) is 19.0. The summed E-state index contributed by atoms with van der Waals surface area (Å²) in [6.45, 7) is 2.06. The summed E-state index contributed by atoms with van der Waals surface area (Å²) in [6.07, 6.45) is 0. The lowest BCUT2D eigenvalue weighted by atomic mass is 10.3. The molecule has 0 spiro atoms. The van der Waals surface area contributed by atoms with Crippen LogP contribution in [0, 0.1) is 0 Å². The molecule has 9 heteroatoms. The Morgan fingerprint density at radius 3 is 2.53 bits per heavy atom. The number of rotatable bonds is 3. The van der Waals surface area contributed by atoms with Crippen LogP contribution in [-0.4, -0.2) is 28.5 Å². The number of amides is 1. The molecule has 1 rings (SSSR count). The van der Waals surface area contributed by atoms with Crippen LogP contribution in [0.5, 0.6) is 0 Å². The Bertz CT molecular complexity index is 411. The minimum atomic E-state index is -0.482. The molecule has 1 aromatic rings. The molecular formula is C8H14Cl2N6O. The van der Waals surface area contributed by atoms with Gasteiger partial charge in [0.1, 0.15) is 0 Å². The summed E-state index contributed by atoms with van der Waals surface area (Å²) < 4.78 is 0. The normalized spacial score (nSPS) is 11.5. The van der Waals surface area contributed by atoms with Crippen molar-refractivity contribution in [2.45, 2.75) is 13.0 Å². The van der Waals surface area contributed by atoms with E-state index in [4.69, 9.17) is 28.8 Å². The van der Waals surface area contributed by atoms with Gasteiger partial charge >= 0.3 is 0 Å². The largest absolute Gasteiger partial charge is 0.382 e. The van der Waals surface area contributed by atoms with Gasteiger partial charge in [-0.05, 0) is 6.92 Å². The maximum atomic E-state index is 11.6. The van der Waals surface area contributed by atoms with Gasteiger partial charge in [0.25, 0.3) is 5.91 Å². The smallest absolute Gasteiger partial charge is 0.273 e. The Morgan fingerprint density at radius 2 is 2.00 bits per heavy atom. The van der Waals surface area contributed by atoms with Crippen molar-refractivity contribution in [1.82, 2.24) is 15.3 Å². The molecule has 1 atom stereocenters. The molecule has 0 saturated carbocycles. The highest BCUT2D eigenvalue weighted by Gasteiger charge is 2.15. The summed E-state index contributed by atoms with van der Waals surface area (Å²) in [7, 11) is 0. The molecule has 0 aliphatic carbocycles. The van der Waals surface area contributed by atoms with Gasteiger partial charge in [-0.25, -0.2) is 9.97 Å². The van der Waals surface area contributed by atoms with Gasteiger partial charge in [-0.3, -0.25) is 4.79 Å². The van der Waals surface area contributed by atoms with Crippen LogP contribution in [0.4, 0.5) is 11.6 Å². The first-order valence-corrected chi connectivity index (χ1v) is 4.92. The molecule has 1 heterocycles. The van der Waals surface area contributed by atoms with Gasteiger partial charge in [-0.15, -0.1) is 12.4 Å². The van der Waals surface area contributed by atoms with E-state index in [9.17, 15) is 4.79 Å². The summed E-state index contributed by atoms with van der Waals surface area (Å²) in [5.41, 5.74) is 16.3. The maximum Gasteiger partial charge on any atom is 0.273 e. The average Bonchev–Trinajstić information content (AvgIpc) is 2.20. The molecule has 0 saturated heterocycles. The summed E-state index contributed by atoms with van der Waals surface area (Å²) in [5, 5.41) is 2.48. The quantitative estimate of drug-likeness (QED) is 0.606. The fourth-order valence-electron chi connectivity index (χ4n) is 0.946. The lowest BCUT2D eigenvalue weighted by Gasteiger charge is -2.09. The minimum absolute atomic E-state index is 0. The van der Waals surface area contributed by atoms with Crippen LogP contribution in [-0.2, 0) is 0 Å². The van der Waals surface area contributed by atoms with E-state index in [1.54, 1.807) is 6.92 Å². The van der Waals surface area contributed by atoms with Gasteiger partial charge < -0.3 is 22.5 Å². The van der Waals surface area contributed by atoms with Gasteiger partial charge in [0.15, 0.2) is 22.5 Å². The highest BCUT2D eigenvalue weighted by Crippen LogP contribution is 2.16. The van der Waals surface area contributed by atoms with Crippen LogP contribution in [0.1, 0.15) is 17.4 Å². The molecule has 7 N–H and O–H groups in total. The molecule has 0 aliphatic rings. The number of hydrogen-bond donors (Lipinski definition) is 4. The van der Waals surface area contributed by atoms with Crippen molar-refractivity contribution in [1.29, 1.82) is 0 Å². The van der Waals surface area contributed by atoms with Crippen molar-refractivity contribution in [3.8, 4) is 0 Å². The molecule has 1 aromatic heterocycles. The molecule has 0 radical (unpaired) electrons. The van der Waals surface area contributed by atoms with E-state index < -0.39 is 5.91 Å². The number of nitrogens with one attached hydrogen (secondary N) is 1. The number of carbonyl (C=O) groups excluding carboxylic acids is 1. The SMILES string of the molecule is C[C@H](N)CNC(=O)c1nc(Cl)c(N)nc1N.Cl. The molecular weight excluding hydrogens is 267 g/mol. The van der Waals surface area contributed by atoms with E-state index in [0.29, 0.717) is 6.54 Å². The standard InChI is InChI=1S/C8H13ClN6O.ClH/c1-3(10)2-13-8(16)4-6(11)15-7(12)5(9)14-4;/h3H,2,10H2,1H3,(H,13,16)(H4,11,12,15);1H/t3-;/m0./s1. The number of aromatic nitrogens is 2. The average molecular weight is 281 g/mol. The predicted octanol–water partition coefficient (Wildman–Crippen LogP) is -0.207. The van der Waals surface area contributed by atoms with Crippen LogP contribution in [0.25, 0.3) is 0 Å². The van der Waals surface area contributed by atoms with E-state index in [2.05, 4.69) is 15.3 Å². The monoisotopic (exact) mass is 280 g/mol. The highest BCUT2D eigenvalue weighted by molar-refractivity contribution is 6.31. The Kier molecular flexibility index (Phi) is 5.94. The van der Waals surface area contributed by atoms with Gasteiger partial charge in [0.2, 0.25) is 0 Å². The molecule has 0 bridgehead atoms. The Labute approximate surface area is 110 Å². The molecule has 0 fully saturated rings. The number of nitrogens with zero attached hydrogens (tertiary/aromatic N) is 2. The molecule has 1 amide bonds. The zero-order chi connectivity index (χ0) is 12.3. The first-order valence-electron chi connectivity index (χ1n) is 4.54. The Hall–Kier alpha value is -1.31. The second-order valence-corrected chi connectivity index (χ2v) is 3.68. The van der Waals surface area contributed by atoms with Crippen LogP contribution in [0.15, 0.2) is 0 Å². The fraction of sp³-hybridized carbons (Fsp3) is 0.375. The van der Waals surface area contributed by atoms with Crippen molar-refractivity contribution < 1.29 is 4.79 Å². The van der Waals surface area contributed by atoms with Gasteiger partial charge in [0, 0.05) is 12.6 Å². The first kappa shape index (κ1) is 15.7. The third-order valence-corrected chi connectivity index (χ3v) is 1.98. The predicted molar refractivity (Wildman–Crippen MR) is 69.1 cm³/mol. The zero-order valence-electron chi connectivity index (χ0n) is 9.11. The number of nitrogens with two attached hydrogens (primary N) is 3. The molecule has 17 heavy (non-hydrogen) atoms. The van der Waals surface area contributed by atoms with Crippen molar-refractivity contribution >= 4 is 41.6 Å². The third-order valence-electron chi connectivity index (χ3n) is 1.70. The van der Waals surface area contributed by atoms with E-state index in [1.807, 2.05) is 0 Å². The Morgan fingerprint density at radius 1 is 1.41 bits per heavy atom. The van der Waals surface area contributed by atoms with E-state index in [0.717, 1.165) is 0 Å². The lowest BCUT2D eigenvalue weighted by Crippen LogP contribution is -2.36. The zero-order valence-corrected chi connectivity index (χ0v) is 10.7. The van der Waals surface area contributed by atoms with Crippen LogP contribution < -0.4 is 22.5 Å². The second kappa shape index (κ2) is 6.43. The van der Waals surface area contributed by atoms with Gasteiger partial charge in [0.05, 0.1) is 0 Å². The highest BCUT2D eigenvalue weighted by atomic mass is 35.5. The molecule has 0 unspecified atom stereocenters. The number of anilines is 2. The molecule has 7 nitrogen and oxygen atoms in total. The molecule has 0 aromatic carbocycles. The van der Waals surface area contributed by atoms with Crippen LogP contribution in [0.3, 0.4) is 0 Å². The van der Waals surface area contributed by atoms with Crippen LogP contribution in [0.2, 0.25) is 5.15 Å². The van der Waals surface area contributed by atoms with Crippen molar-refractivity contribution in [3.63, 3.8) is 0 Å².